The lowest BCUT2D eigenvalue weighted by molar-refractivity contribution is 0.262. The molecule has 2 amide bonds. The van der Waals surface area contributed by atoms with Crippen LogP contribution in [-0.4, -0.2) is 11.0 Å². The summed E-state index contributed by atoms with van der Waals surface area (Å²) in [5, 5.41) is 5.52. The van der Waals surface area contributed by atoms with Crippen molar-refractivity contribution < 1.29 is 9.53 Å². The predicted molar refractivity (Wildman–Crippen MR) is 102 cm³/mol. The van der Waals surface area contributed by atoms with E-state index < -0.39 is 0 Å². The van der Waals surface area contributed by atoms with E-state index >= 15 is 0 Å². The number of carbonyl (C=O) groups excluding carboxylic acids is 1. The van der Waals surface area contributed by atoms with Crippen LogP contribution in [-0.2, 0) is 0 Å². The molecular weight excluding hydrogens is 384 g/mol. The Morgan fingerprint density at radius 3 is 2.36 bits per heavy atom. The lowest BCUT2D eigenvalue weighted by Gasteiger charge is -2.09. The molecule has 126 valence electrons. The minimum Gasteiger partial charge on any atom is -0.456 e. The number of pyridine rings is 1. The van der Waals surface area contributed by atoms with Gasteiger partial charge in [-0.1, -0.05) is 22.0 Å². The molecule has 0 aliphatic heterocycles. The lowest BCUT2D eigenvalue weighted by Crippen LogP contribution is -2.19. The molecule has 0 atom stereocenters. The van der Waals surface area contributed by atoms with Crippen LogP contribution in [0.2, 0.25) is 0 Å². The molecule has 0 aliphatic rings. The molecule has 3 rings (SSSR count). The summed E-state index contributed by atoms with van der Waals surface area (Å²) in [6, 6.07) is 17.4. The van der Waals surface area contributed by atoms with Crippen LogP contribution < -0.4 is 21.1 Å². The fourth-order valence-corrected chi connectivity index (χ4v) is 2.45. The zero-order chi connectivity index (χ0) is 17.6. The fraction of sp³-hybridized carbons (Fsp3) is 0. The van der Waals surface area contributed by atoms with Gasteiger partial charge in [-0.3, -0.25) is 0 Å². The van der Waals surface area contributed by atoms with E-state index in [-0.39, 0.29) is 6.03 Å². The zero-order valence-corrected chi connectivity index (χ0v) is 14.7. The number of rotatable bonds is 4. The van der Waals surface area contributed by atoms with Crippen molar-refractivity contribution in [3.63, 3.8) is 0 Å². The van der Waals surface area contributed by atoms with Crippen LogP contribution in [0.15, 0.2) is 71.3 Å². The Bertz CT molecular complexity index is 867. The van der Waals surface area contributed by atoms with E-state index in [1.165, 1.54) is 0 Å². The number of halogens is 1. The highest BCUT2D eigenvalue weighted by atomic mass is 79.9. The minimum absolute atomic E-state index is 0.325. The van der Waals surface area contributed by atoms with Crippen LogP contribution in [0.1, 0.15) is 0 Å². The number of nitrogens with two attached hydrogens (primary N) is 1. The van der Waals surface area contributed by atoms with E-state index in [1.54, 1.807) is 42.6 Å². The van der Waals surface area contributed by atoms with Crippen molar-refractivity contribution in [3.8, 4) is 11.5 Å². The summed E-state index contributed by atoms with van der Waals surface area (Å²) in [6.07, 6.45) is 1.55. The summed E-state index contributed by atoms with van der Waals surface area (Å²) in [5.74, 6) is 1.65. The van der Waals surface area contributed by atoms with Crippen molar-refractivity contribution in [2.45, 2.75) is 0 Å². The molecule has 0 aliphatic carbocycles. The number of urea groups is 1. The Labute approximate surface area is 153 Å². The van der Waals surface area contributed by atoms with Gasteiger partial charge in [0.05, 0.1) is 6.20 Å². The highest BCUT2D eigenvalue weighted by Gasteiger charge is 2.04. The van der Waals surface area contributed by atoms with E-state index in [1.807, 2.05) is 24.3 Å². The highest BCUT2D eigenvalue weighted by molar-refractivity contribution is 9.10. The molecule has 0 fully saturated rings. The van der Waals surface area contributed by atoms with E-state index in [4.69, 9.17) is 10.5 Å². The van der Waals surface area contributed by atoms with Gasteiger partial charge in [-0.2, -0.15) is 0 Å². The summed E-state index contributed by atoms with van der Waals surface area (Å²) in [7, 11) is 0. The van der Waals surface area contributed by atoms with Gasteiger partial charge in [-0.05, 0) is 54.6 Å². The molecule has 1 heterocycles. The van der Waals surface area contributed by atoms with Gasteiger partial charge < -0.3 is 21.1 Å². The normalized spacial score (nSPS) is 10.1. The van der Waals surface area contributed by atoms with E-state index in [0.29, 0.717) is 28.7 Å². The molecule has 3 aromatic rings. The summed E-state index contributed by atoms with van der Waals surface area (Å²) in [6.45, 7) is 0. The van der Waals surface area contributed by atoms with E-state index in [9.17, 15) is 4.79 Å². The molecule has 0 spiro atoms. The Balaban J connectivity index is 1.58. The van der Waals surface area contributed by atoms with Crippen LogP contribution in [0, 0.1) is 0 Å². The number of anilines is 3. The second kappa shape index (κ2) is 7.67. The SMILES string of the molecule is Nc1ccc(Oc2ccc(NC(=O)Nc3cccc(Br)c3)cc2)cn1. The van der Waals surface area contributed by atoms with Gasteiger partial charge in [0.25, 0.3) is 0 Å². The van der Waals surface area contributed by atoms with Crippen LogP contribution in [0.5, 0.6) is 11.5 Å². The third-order valence-corrected chi connectivity index (χ3v) is 3.68. The Morgan fingerprint density at radius 2 is 1.68 bits per heavy atom. The topological polar surface area (TPSA) is 89.3 Å². The smallest absolute Gasteiger partial charge is 0.323 e. The Kier molecular flexibility index (Phi) is 5.15. The number of benzene rings is 2. The van der Waals surface area contributed by atoms with Crippen LogP contribution in [0.3, 0.4) is 0 Å². The number of nitrogens with one attached hydrogen (secondary N) is 2. The third-order valence-electron chi connectivity index (χ3n) is 3.19. The van der Waals surface area contributed by atoms with Crippen molar-refractivity contribution in [2.24, 2.45) is 0 Å². The third kappa shape index (κ3) is 4.95. The van der Waals surface area contributed by atoms with E-state index in [2.05, 4.69) is 31.5 Å². The van der Waals surface area contributed by atoms with Gasteiger partial charge in [-0.25, -0.2) is 9.78 Å². The maximum atomic E-state index is 12.0. The summed E-state index contributed by atoms with van der Waals surface area (Å²) < 4.78 is 6.54. The van der Waals surface area contributed by atoms with Crippen LogP contribution in [0.4, 0.5) is 22.0 Å². The first-order chi connectivity index (χ1) is 12.1. The fourth-order valence-electron chi connectivity index (χ4n) is 2.05. The van der Waals surface area contributed by atoms with Crippen molar-refractivity contribution in [2.75, 3.05) is 16.4 Å². The monoisotopic (exact) mass is 398 g/mol. The lowest BCUT2D eigenvalue weighted by atomic mass is 10.3. The summed E-state index contributed by atoms with van der Waals surface area (Å²) in [4.78, 5) is 16.0. The van der Waals surface area contributed by atoms with Gasteiger partial charge in [-0.15, -0.1) is 0 Å². The number of hydrogen-bond acceptors (Lipinski definition) is 4. The van der Waals surface area contributed by atoms with E-state index in [0.717, 1.165) is 4.47 Å². The van der Waals surface area contributed by atoms with Crippen molar-refractivity contribution in [1.29, 1.82) is 0 Å². The average Bonchev–Trinajstić information content (AvgIpc) is 2.59. The second-order valence-corrected chi connectivity index (χ2v) is 6.05. The first-order valence-electron chi connectivity index (χ1n) is 7.41. The second-order valence-electron chi connectivity index (χ2n) is 5.13. The molecule has 6 nitrogen and oxygen atoms in total. The standard InChI is InChI=1S/C18H15BrN4O2/c19-12-2-1-3-14(10-12)23-18(24)22-13-4-6-15(7-5-13)25-16-8-9-17(20)21-11-16/h1-11H,(H2,20,21)(H2,22,23,24). The largest absolute Gasteiger partial charge is 0.456 e. The molecular formula is C18H15BrN4O2. The molecule has 0 saturated heterocycles. The van der Waals surface area contributed by atoms with Crippen LogP contribution >= 0.6 is 15.9 Å². The quantitative estimate of drug-likeness (QED) is 0.585. The number of amides is 2. The number of aromatic nitrogens is 1. The van der Waals surface area contributed by atoms with Crippen molar-refractivity contribution in [1.82, 2.24) is 4.98 Å². The molecule has 0 bridgehead atoms. The van der Waals surface area contributed by atoms with Crippen molar-refractivity contribution >= 4 is 39.2 Å². The molecule has 0 radical (unpaired) electrons. The van der Waals surface area contributed by atoms with Gasteiger partial charge in [0.1, 0.15) is 17.3 Å². The van der Waals surface area contributed by atoms with Gasteiger partial charge >= 0.3 is 6.03 Å². The molecule has 0 unspecified atom stereocenters. The summed E-state index contributed by atoms with van der Waals surface area (Å²) in [5.41, 5.74) is 6.88. The number of nitrogen functional groups attached to an aromatic ring is 1. The minimum atomic E-state index is -0.325. The molecule has 0 saturated carbocycles. The Morgan fingerprint density at radius 1 is 0.960 bits per heavy atom. The molecule has 4 N–H and O–H groups in total. The van der Waals surface area contributed by atoms with Crippen LogP contribution in [0.25, 0.3) is 0 Å². The van der Waals surface area contributed by atoms with Gasteiger partial charge in [0.2, 0.25) is 0 Å². The molecule has 2 aromatic carbocycles. The maximum absolute atomic E-state index is 12.0. The number of hydrogen-bond donors (Lipinski definition) is 3. The predicted octanol–water partition coefficient (Wildman–Crippen LogP) is 4.86. The summed E-state index contributed by atoms with van der Waals surface area (Å²) >= 11 is 3.36. The highest BCUT2D eigenvalue weighted by Crippen LogP contribution is 2.23. The van der Waals surface area contributed by atoms with Gasteiger partial charge in [0, 0.05) is 15.8 Å². The molecule has 7 heteroatoms. The molecule has 25 heavy (non-hydrogen) atoms. The number of ether oxygens (including phenoxy) is 1. The Hall–Kier alpha value is -3.06. The molecule has 1 aromatic heterocycles. The maximum Gasteiger partial charge on any atom is 0.323 e. The number of carbonyl (C=O) groups is 1. The van der Waals surface area contributed by atoms with Crippen molar-refractivity contribution in [3.05, 3.63) is 71.3 Å². The average molecular weight is 399 g/mol. The number of nitrogens with zero attached hydrogens (tertiary/aromatic N) is 1. The zero-order valence-electron chi connectivity index (χ0n) is 13.1. The first-order valence-corrected chi connectivity index (χ1v) is 8.21. The first kappa shape index (κ1) is 16.8. The van der Waals surface area contributed by atoms with Gasteiger partial charge in [0.15, 0.2) is 0 Å².